The standard InChI is InChI=1S/C12H15N5O3/c1-7-5-8(16(2)15-7)9(18)17-4-3-12(6-17)10(19)13-11(20)14-12/h5H,3-4,6H2,1-2H3,(H2,13,14,19,20). The predicted octanol–water partition coefficient (Wildman–Crippen LogP) is -0.847. The van der Waals surface area contributed by atoms with Crippen LogP contribution in [0.2, 0.25) is 0 Å². The van der Waals surface area contributed by atoms with Crippen LogP contribution in [0.3, 0.4) is 0 Å². The Morgan fingerprint density at radius 3 is 2.75 bits per heavy atom. The molecule has 0 saturated carbocycles. The zero-order valence-corrected chi connectivity index (χ0v) is 11.3. The van der Waals surface area contributed by atoms with Crippen molar-refractivity contribution in [3.05, 3.63) is 17.5 Å². The minimum Gasteiger partial charge on any atom is -0.334 e. The highest BCUT2D eigenvalue weighted by Crippen LogP contribution is 2.25. The van der Waals surface area contributed by atoms with E-state index in [0.29, 0.717) is 18.7 Å². The first-order valence-corrected chi connectivity index (χ1v) is 6.35. The maximum atomic E-state index is 12.4. The van der Waals surface area contributed by atoms with Crippen molar-refractivity contribution in [2.45, 2.75) is 18.9 Å². The monoisotopic (exact) mass is 277 g/mol. The van der Waals surface area contributed by atoms with Gasteiger partial charge in [-0.2, -0.15) is 5.10 Å². The first-order valence-electron chi connectivity index (χ1n) is 6.35. The van der Waals surface area contributed by atoms with E-state index < -0.39 is 11.6 Å². The molecule has 8 heteroatoms. The number of aromatic nitrogens is 2. The highest BCUT2D eigenvalue weighted by Gasteiger charge is 2.51. The molecule has 1 atom stereocenters. The molecule has 0 radical (unpaired) electrons. The number of aryl methyl sites for hydroxylation is 2. The van der Waals surface area contributed by atoms with Gasteiger partial charge >= 0.3 is 6.03 Å². The summed E-state index contributed by atoms with van der Waals surface area (Å²) in [5.74, 6) is -0.544. The predicted molar refractivity (Wildman–Crippen MR) is 67.9 cm³/mol. The lowest BCUT2D eigenvalue weighted by molar-refractivity contribution is -0.123. The number of nitrogens with one attached hydrogen (secondary N) is 2. The van der Waals surface area contributed by atoms with Crippen LogP contribution in [0.15, 0.2) is 6.07 Å². The van der Waals surface area contributed by atoms with Crippen LogP contribution >= 0.6 is 0 Å². The summed E-state index contributed by atoms with van der Waals surface area (Å²) in [5, 5.41) is 8.98. The van der Waals surface area contributed by atoms with Crippen molar-refractivity contribution >= 4 is 17.8 Å². The number of nitrogens with zero attached hydrogens (tertiary/aromatic N) is 3. The first kappa shape index (κ1) is 12.6. The zero-order chi connectivity index (χ0) is 14.5. The third-order valence-electron chi connectivity index (χ3n) is 3.79. The molecule has 106 valence electrons. The Morgan fingerprint density at radius 1 is 1.45 bits per heavy atom. The van der Waals surface area contributed by atoms with E-state index in [1.807, 2.05) is 6.92 Å². The van der Waals surface area contributed by atoms with Crippen LogP contribution in [0, 0.1) is 6.92 Å². The third kappa shape index (κ3) is 1.75. The minimum absolute atomic E-state index is 0.182. The first-order chi connectivity index (χ1) is 9.41. The van der Waals surface area contributed by atoms with E-state index in [1.165, 1.54) is 4.68 Å². The molecule has 20 heavy (non-hydrogen) atoms. The molecular weight excluding hydrogens is 262 g/mol. The average molecular weight is 277 g/mol. The highest BCUT2D eigenvalue weighted by molar-refractivity contribution is 6.08. The lowest BCUT2D eigenvalue weighted by atomic mass is 10.00. The molecule has 2 aliphatic rings. The fourth-order valence-electron chi connectivity index (χ4n) is 2.77. The number of carbonyl (C=O) groups is 3. The van der Waals surface area contributed by atoms with Gasteiger partial charge in [0.15, 0.2) is 0 Å². The molecular formula is C12H15N5O3. The van der Waals surface area contributed by atoms with Crippen LogP contribution in [0.4, 0.5) is 4.79 Å². The lowest BCUT2D eigenvalue weighted by Gasteiger charge is -2.21. The largest absolute Gasteiger partial charge is 0.334 e. The Morgan fingerprint density at radius 2 is 2.20 bits per heavy atom. The Balaban J connectivity index is 1.81. The summed E-state index contributed by atoms with van der Waals surface area (Å²) < 4.78 is 1.52. The average Bonchev–Trinajstić information content (AvgIpc) is 3.00. The van der Waals surface area contributed by atoms with Gasteiger partial charge in [0.1, 0.15) is 11.2 Å². The maximum absolute atomic E-state index is 12.4. The summed E-state index contributed by atoms with van der Waals surface area (Å²) in [7, 11) is 1.70. The fourth-order valence-corrected chi connectivity index (χ4v) is 2.77. The van der Waals surface area contributed by atoms with Gasteiger partial charge in [-0.3, -0.25) is 19.6 Å². The second-order valence-electron chi connectivity index (χ2n) is 5.26. The smallest absolute Gasteiger partial charge is 0.322 e. The maximum Gasteiger partial charge on any atom is 0.322 e. The van der Waals surface area contributed by atoms with E-state index >= 15 is 0 Å². The van der Waals surface area contributed by atoms with Crippen LogP contribution in [-0.2, 0) is 11.8 Å². The zero-order valence-electron chi connectivity index (χ0n) is 11.3. The molecule has 2 fully saturated rings. The van der Waals surface area contributed by atoms with E-state index in [4.69, 9.17) is 0 Å². The number of imide groups is 1. The Hall–Kier alpha value is -2.38. The summed E-state index contributed by atoms with van der Waals surface area (Å²) >= 11 is 0. The third-order valence-corrected chi connectivity index (χ3v) is 3.79. The van der Waals surface area contributed by atoms with Crippen LogP contribution in [-0.4, -0.2) is 51.2 Å². The number of hydrogen-bond donors (Lipinski definition) is 2. The molecule has 0 bridgehead atoms. The van der Waals surface area contributed by atoms with Gasteiger partial charge < -0.3 is 10.2 Å². The second-order valence-corrected chi connectivity index (χ2v) is 5.26. The summed E-state index contributed by atoms with van der Waals surface area (Å²) in [6.45, 7) is 2.43. The van der Waals surface area contributed by atoms with Crippen LogP contribution < -0.4 is 10.6 Å². The van der Waals surface area contributed by atoms with Gasteiger partial charge in [-0.25, -0.2) is 4.79 Å². The number of rotatable bonds is 1. The van der Waals surface area contributed by atoms with Crippen LogP contribution in [0.25, 0.3) is 0 Å². The summed E-state index contributed by atoms with van der Waals surface area (Å²) in [6.07, 6.45) is 0.424. The van der Waals surface area contributed by atoms with Crippen molar-refractivity contribution < 1.29 is 14.4 Å². The SMILES string of the molecule is Cc1cc(C(=O)N2CCC3(C2)NC(=O)NC3=O)n(C)n1. The number of amides is 4. The number of likely N-dealkylation sites (tertiary alicyclic amines) is 1. The Labute approximate surface area is 115 Å². The van der Waals surface area contributed by atoms with Gasteiger partial charge in [0.05, 0.1) is 12.2 Å². The Bertz CT molecular complexity index is 623. The van der Waals surface area contributed by atoms with Crippen LogP contribution in [0.5, 0.6) is 0 Å². The van der Waals surface area contributed by atoms with Crippen molar-refractivity contribution in [2.75, 3.05) is 13.1 Å². The van der Waals surface area contributed by atoms with Gasteiger partial charge in [0.2, 0.25) is 0 Å². The van der Waals surface area contributed by atoms with Crippen molar-refractivity contribution in [1.29, 1.82) is 0 Å². The van der Waals surface area contributed by atoms with Gasteiger partial charge in [-0.1, -0.05) is 0 Å². The fraction of sp³-hybridized carbons (Fsp3) is 0.500. The van der Waals surface area contributed by atoms with E-state index in [1.54, 1.807) is 18.0 Å². The second kappa shape index (κ2) is 4.06. The molecule has 2 saturated heterocycles. The number of urea groups is 1. The molecule has 8 nitrogen and oxygen atoms in total. The van der Waals surface area contributed by atoms with Gasteiger partial charge in [-0.15, -0.1) is 0 Å². The normalized spacial score (nSPS) is 25.2. The molecule has 3 rings (SSSR count). The summed E-state index contributed by atoms with van der Waals surface area (Å²) in [6, 6.07) is 1.21. The summed E-state index contributed by atoms with van der Waals surface area (Å²) in [4.78, 5) is 37.1. The molecule has 1 aromatic rings. The van der Waals surface area contributed by atoms with Gasteiger partial charge in [-0.05, 0) is 19.4 Å². The highest BCUT2D eigenvalue weighted by atomic mass is 16.2. The molecule has 1 unspecified atom stereocenters. The van der Waals surface area contributed by atoms with Crippen molar-refractivity contribution in [2.24, 2.45) is 7.05 Å². The van der Waals surface area contributed by atoms with Crippen molar-refractivity contribution in [3.63, 3.8) is 0 Å². The molecule has 2 N–H and O–H groups in total. The van der Waals surface area contributed by atoms with Crippen molar-refractivity contribution in [1.82, 2.24) is 25.3 Å². The molecule has 2 aliphatic heterocycles. The minimum atomic E-state index is -0.972. The van der Waals surface area contributed by atoms with E-state index in [-0.39, 0.29) is 18.4 Å². The molecule has 1 aromatic heterocycles. The molecule has 0 aromatic carbocycles. The number of hydrogen-bond acceptors (Lipinski definition) is 4. The van der Waals surface area contributed by atoms with E-state index in [2.05, 4.69) is 15.7 Å². The lowest BCUT2D eigenvalue weighted by Crippen LogP contribution is -2.49. The van der Waals surface area contributed by atoms with E-state index in [9.17, 15) is 14.4 Å². The van der Waals surface area contributed by atoms with Crippen molar-refractivity contribution in [3.8, 4) is 0 Å². The van der Waals surface area contributed by atoms with E-state index in [0.717, 1.165) is 5.69 Å². The quantitative estimate of drug-likeness (QED) is 0.654. The molecule has 4 amide bonds. The van der Waals surface area contributed by atoms with Gasteiger partial charge in [0, 0.05) is 13.6 Å². The molecule has 0 aliphatic carbocycles. The molecule has 1 spiro atoms. The summed E-state index contributed by atoms with van der Waals surface area (Å²) in [5.41, 5.74) is 0.265. The molecule has 3 heterocycles. The topological polar surface area (TPSA) is 96.3 Å². The Kier molecular flexibility index (Phi) is 2.56. The number of carbonyl (C=O) groups excluding carboxylic acids is 3. The van der Waals surface area contributed by atoms with Gasteiger partial charge in [0.25, 0.3) is 11.8 Å². The van der Waals surface area contributed by atoms with Crippen LogP contribution in [0.1, 0.15) is 22.6 Å².